The molecule has 94 valence electrons. The van der Waals surface area contributed by atoms with E-state index in [2.05, 4.69) is 4.98 Å². The molecule has 0 radical (unpaired) electrons. The summed E-state index contributed by atoms with van der Waals surface area (Å²) in [5.74, 6) is 0.187. The minimum Gasteiger partial charge on any atom is -0.473 e. The van der Waals surface area contributed by atoms with Crippen LogP contribution in [0.25, 0.3) is 0 Å². The van der Waals surface area contributed by atoms with Gasteiger partial charge in [0.25, 0.3) is 0 Å². The predicted octanol–water partition coefficient (Wildman–Crippen LogP) is 2.82. The molecule has 0 aliphatic heterocycles. The fourth-order valence-electron chi connectivity index (χ4n) is 1.51. The molecular formula is C14H15FN2O. The van der Waals surface area contributed by atoms with E-state index in [0.29, 0.717) is 11.4 Å². The number of hydrogen-bond donors (Lipinski definition) is 1. The van der Waals surface area contributed by atoms with Crippen molar-refractivity contribution in [3.05, 3.63) is 59.5 Å². The zero-order chi connectivity index (χ0) is 13.0. The quantitative estimate of drug-likeness (QED) is 0.902. The lowest BCUT2D eigenvalue weighted by atomic mass is 10.2. The molecule has 2 N–H and O–H groups in total. The van der Waals surface area contributed by atoms with E-state index in [0.717, 1.165) is 5.56 Å². The Kier molecular flexibility index (Phi) is 3.89. The third-order valence-electron chi connectivity index (χ3n) is 2.62. The summed E-state index contributed by atoms with van der Waals surface area (Å²) in [6.45, 7) is 2.05. The number of ether oxygens (including phenoxy) is 1. The monoisotopic (exact) mass is 246 g/mol. The van der Waals surface area contributed by atoms with Crippen LogP contribution in [0.1, 0.15) is 24.1 Å². The molecule has 0 aliphatic carbocycles. The van der Waals surface area contributed by atoms with Crippen LogP contribution in [-0.2, 0) is 6.61 Å². The first kappa shape index (κ1) is 12.5. The van der Waals surface area contributed by atoms with E-state index < -0.39 is 0 Å². The van der Waals surface area contributed by atoms with Gasteiger partial charge >= 0.3 is 0 Å². The number of nitrogens with zero attached hydrogens (tertiary/aromatic N) is 1. The Bertz CT molecular complexity index is 511. The lowest BCUT2D eigenvalue weighted by Gasteiger charge is -2.08. The van der Waals surface area contributed by atoms with Crippen molar-refractivity contribution in [1.29, 1.82) is 0 Å². The second-order valence-electron chi connectivity index (χ2n) is 4.10. The van der Waals surface area contributed by atoms with Crippen LogP contribution in [0.3, 0.4) is 0 Å². The molecule has 1 heterocycles. The standard InChI is InChI=1S/C14H15FN2O/c1-10(16)11-6-7-14(17-8-11)18-9-12-4-2-3-5-13(12)15/h2-8,10H,9,16H2,1H3. The largest absolute Gasteiger partial charge is 0.473 e. The van der Waals surface area contributed by atoms with E-state index >= 15 is 0 Å². The maximum absolute atomic E-state index is 13.3. The summed E-state index contributed by atoms with van der Waals surface area (Å²) in [6.07, 6.45) is 1.67. The van der Waals surface area contributed by atoms with Crippen LogP contribution in [0, 0.1) is 5.82 Å². The Morgan fingerprint density at radius 1 is 1.28 bits per heavy atom. The van der Waals surface area contributed by atoms with Gasteiger partial charge in [0.1, 0.15) is 12.4 Å². The third-order valence-corrected chi connectivity index (χ3v) is 2.62. The second-order valence-corrected chi connectivity index (χ2v) is 4.10. The highest BCUT2D eigenvalue weighted by Gasteiger charge is 2.03. The Hall–Kier alpha value is -1.94. The zero-order valence-electron chi connectivity index (χ0n) is 10.1. The molecule has 0 saturated carbocycles. The zero-order valence-corrected chi connectivity index (χ0v) is 10.1. The van der Waals surface area contributed by atoms with Crippen molar-refractivity contribution in [2.24, 2.45) is 5.73 Å². The van der Waals surface area contributed by atoms with E-state index in [9.17, 15) is 4.39 Å². The van der Waals surface area contributed by atoms with Crippen molar-refractivity contribution < 1.29 is 9.13 Å². The van der Waals surface area contributed by atoms with Gasteiger partial charge in [0.2, 0.25) is 5.88 Å². The molecule has 0 spiro atoms. The van der Waals surface area contributed by atoms with Crippen molar-refractivity contribution >= 4 is 0 Å². The molecule has 1 aromatic heterocycles. The van der Waals surface area contributed by atoms with E-state index in [1.807, 2.05) is 13.0 Å². The molecule has 2 aromatic rings. The van der Waals surface area contributed by atoms with Crippen molar-refractivity contribution in [1.82, 2.24) is 4.98 Å². The third kappa shape index (κ3) is 3.05. The summed E-state index contributed by atoms with van der Waals surface area (Å²) in [5, 5.41) is 0. The fourth-order valence-corrected chi connectivity index (χ4v) is 1.51. The molecule has 1 aromatic carbocycles. The Balaban J connectivity index is 2.00. The average molecular weight is 246 g/mol. The van der Waals surface area contributed by atoms with Crippen LogP contribution < -0.4 is 10.5 Å². The number of aromatic nitrogens is 1. The van der Waals surface area contributed by atoms with E-state index in [1.54, 1.807) is 30.5 Å². The fraction of sp³-hybridized carbons (Fsp3) is 0.214. The van der Waals surface area contributed by atoms with Gasteiger partial charge in [-0.2, -0.15) is 0 Å². The van der Waals surface area contributed by atoms with Crippen molar-refractivity contribution in [2.45, 2.75) is 19.6 Å². The van der Waals surface area contributed by atoms with Crippen molar-refractivity contribution in [2.75, 3.05) is 0 Å². The topological polar surface area (TPSA) is 48.1 Å². The maximum Gasteiger partial charge on any atom is 0.213 e. The number of benzene rings is 1. The number of nitrogens with two attached hydrogens (primary N) is 1. The molecule has 3 nitrogen and oxygen atoms in total. The summed E-state index contributed by atoms with van der Waals surface area (Å²) < 4.78 is 18.8. The Morgan fingerprint density at radius 3 is 2.67 bits per heavy atom. The van der Waals surface area contributed by atoms with Gasteiger partial charge < -0.3 is 10.5 Å². The summed E-state index contributed by atoms with van der Waals surface area (Å²) in [7, 11) is 0. The number of pyridine rings is 1. The summed E-state index contributed by atoms with van der Waals surface area (Å²) in [6, 6.07) is 10.0. The van der Waals surface area contributed by atoms with Crippen LogP contribution in [0.4, 0.5) is 4.39 Å². The van der Waals surface area contributed by atoms with E-state index in [-0.39, 0.29) is 18.5 Å². The summed E-state index contributed by atoms with van der Waals surface area (Å²) in [5.41, 5.74) is 7.17. The lowest BCUT2D eigenvalue weighted by molar-refractivity contribution is 0.288. The molecule has 1 atom stereocenters. The van der Waals surface area contributed by atoms with Gasteiger partial charge in [-0.05, 0) is 18.6 Å². The summed E-state index contributed by atoms with van der Waals surface area (Å²) >= 11 is 0. The molecular weight excluding hydrogens is 231 g/mol. The molecule has 0 fully saturated rings. The first-order valence-corrected chi connectivity index (χ1v) is 5.74. The Labute approximate surface area is 105 Å². The molecule has 1 unspecified atom stereocenters. The van der Waals surface area contributed by atoms with Crippen LogP contribution in [0.5, 0.6) is 5.88 Å². The molecule has 0 bridgehead atoms. The van der Waals surface area contributed by atoms with Gasteiger partial charge in [-0.1, -0.05) is 24.3 Å². The van der Waals surface area contributed by atoms with Gasteiger partial charge in [0.05, 0.1) is 0 Å². The smallest absolute Gasteiger partial charge is 0.213 e. The SMILES string of the molecule is CC(N)c1ccc(OCc2ccccc2F)nc1. The number of halogens is 1. The minimum absolute atomic E-state index is 0.0573. The maximum atomic E-state index is 13.3. The van der Waals surface area contributed by atoms with Crippen LogP contribution in [0.15, 0.2) is 42.6 Å². The van der Waals surface area contributed by atoms with Gasteiger partial charge in [-0.25, -0.2) is 9.37 Å². The van der Waals surface area contributed by atoms with E-state index in [1.165, 1.54) is 6.07 Å². The predicted molar refractivity (Wildman–Crippen MR) is 67.6 cm³/mol. The molecule has 0 aliphatic rings. The highest BCUT2D eigenvalue weighted by atomic mass is 19.1. The summed E-state index contributed by atoms with van der Waals surface area (Å²) in [4.78, 5) is 4.12. The van der Waals surface area contributed by atoms with Crippen molar-refractivity contribution in [3.63, 3.8) is 0 Å². The number of hydrogen-bond acceptors (Lipinski definition) is 3. The first-order valence-electron chi connectivity index (χ1n) is 5.74. The van der Waals surface area contributed by atoms with Gasteiger partial charge in [-0.15, -0.1) is 0 Å². The average Bonchev–Trinajstić information content (AvgIpc) is 2.38. The Morgan fingerprint density at radius 2 is 2.06 bits per heavy atom. The van der Waals surface area contributed by atoms with Crippen LogP contribution in [-0.4, -0.2) is 4.98 Å². The molecule has 0 saturated heterocycles. The van der Waals surface area contributed by atoms with Crippen LogP contribution in [0.2, 0.25) is 0 Å². The highest BCUT2D eigenvalue weighted by Crippen LogP contribution is 2.14. The van der Waals surface area contributed by atoms with E-state index in [4.69, 9.17) is 10.5 Å². The molecule has 2 rings (SSSR count). The normalized spacial score (nSPS) is 12.2. The first-order chi connectivity index (χ1) is 8.66. The van der Waals surface area contributed by atoms with Gasteiger partial charge in [-0.3, -0.25) is 0 Å². The lowest BCUT2D eigenvalue weighted by Crippen LogP contribution is -2.06. The number of rotatable bonds is 4. The molecule has 4 heteroatoms. The van der Waals surface area contributed by atoms with Crippen LogP contribution >= 0.6 is 0 Å². The second kappa shape index (κ2) is 5.60. The molecule has 0 amide bonds. The van der Waals surface area contributed by atoms with Gasteiger partial charge in [0, 0.05) is 23.9 Å². The van der Waals surface area contributed by atoms with Gasteiger partial charge in [0.15, 0.2) is 0 Å². The highest BCUT2D eigenvalue weighted by molar-refractivity contribution is 5.21. The van der Waals surface area contributed by atoms with Crippen molar-refractivity contribution in [3.8, 4) is 5.88 Å². The minimum atomic E-state index is -0.273. The molecule has 18 heavy (non-hydrogen) atoms.